The van der Waals surface area contributed by atoms with Gasteiger partial charge in [0.25, 0.3) is 11.5 Å². The number of hydrogen-bond donors (Lipinski definition) is 1. The van der Waals surface area contributed by atoms with Gasteiger partial charge in [-0.3, -0.25) is 14.2 Å². The van der Waals surface area contributed by atoms with Gasteiger partial charge in [0.05, 0.1) is 23.9 Å². The van der Waals surface area contributed by atoms with Crippen LogP contribution in [0.5, 0.6) is 0 Å². The highest BCUT2D eigenvalue weighted by atomic mass is 32.1. The number of carboxylic acid groups (broad SMARTS) is 1. The average Bonchev–Trinajstić information content (AvgIpc) is 3.08. The van der Waals surface area contributed by atoms with Crippen LogP contribution in [0.3, 0.4) is 0 Å². The van der Waals surface area contributed by atoms with Gasteiger partial charge in [0.2, 0.25) is 0 Å². The van der Waals surface area contributed by atoms with Gasteiger partial charge < -0.3 is 9.90 Å². The maximum atomic E-state index is 12.9. The molecule has 2 heterocycles. The van der Waals surface area contributed by atoms with Crippen LogP contribution >= 0.6 is 11.3 Å². The van der Waals surface area contributed by atoms with Gasteiger partial charge in [-0.1, -0.05) is 31.2 Å². The molecule has 1 unspecified atom stereocenters. The number of carboxylic acids is 1. The summed E-state index contributed by atoms with van der Waals surface area (Å²) in [6.45, 7) is 2.02. The minimum Gasteiger partial charge on any atom is -0.545 e. The van der Waals surface area contributed by atoms with Gasteiger partial charge in [-0.15, -0.1) is 11.3 Å². The van der Waals surface area contributed by atoms with Crippen LogP contribution in [0.4, 0.5) is 0 Å². The lowest BCUT2D eigenvalue weighted by Gasteiger charge is -2.17. The van der Waals surface area contributed by atoms with Crippen molar-refractivity contribution in [2.75, 3.05) is 0 Å². The molecular weight excluding hydrogens is 404 g/mol. The minimum absolute atomic E-state index is 0.0588. The standard InChI is InChI=1S/C21H20N4O4S/c1-12-2-7-15-16(8-12)30-19-18(15)20(27)25(11-22-19)10-17(26)24-23-9-13-3-5-14(6-4-13)21(28)29/h3-6,9,11-12H,2,7-8,10H2,1H3,(H,24,26)(H,28,29)/p-1. The van der Waals surface area contributed by atoms with Crippen molar-refractivity contribution in [1.29, 1.82) is 0 Å². The number of amides is 1. The number of carbonyl (C=O) groups is 2. The first kappa shape index (κ1) is 20.0. The minimum atomic E-state index is -1.26. The zero-order valence-corrected chi connectivity index (χ0v) is 17.1. The van der Waals surface area contributed by atoms with Crippen molar-refractivity contribution in [2.45, 2.75) is 32.7 Å². The first-order valence-corrected chi connectivity index (χ1v) is 10.4. The van der Waals surface area contributed by atoms with Gasteiger partial charge in [0, 0.05) is 4.88 Å². The Hall–Kier alpha value is -3.33. The first-order valence-electron chi connectivity index (χ1n) is 9.55. The first-order chi connectivity index (χ1) is 14.4. The van der Waals surface area contributed by atoms with Crippen molar-refractivity contribution in [3.63, 3.8) is 0 Å². The molecule has 1 aliphatic rings. The summed E-state index contributed by atoms with van der Waals surface area (Å²) in [5.41, 5.74) is 3.92. The van der Waals surface area contributed by atoms with Crippen LogP contribution in [0.2, 0.25) is 0 Å². The molecule has 3 aromatic rings. The number of rotatable bonds is 5. The Labute approximate surface area is 175 Å². The molecule has 1 N–H and O–H groups in total. The summed E-state index contributed by atoms with van der Waals surface area (Å²) in [6, 6.07) is 5.87. The van der Waals surface area contributed by atoms with Gasteiger partial charge in [-0.05, 0) is 41.9 Å². The van der Waals surface area contributed by atoms with E-state index in [9.17, 15) is 19.5 Å². The van der Waals surface area contributed by atoms with E-state index in [1.165, 1.54) is 34.1 Å². The van der Waals surface area contributed by atoms with E-state index < -0.39 is 11.9 Å². The SMILES string of the molecule is CC1CCc2c(sc3ncn(CC(=O)NN=Cc4ccc(C(=O)[O-])cc4)c(=O)c23)C1. The largest absolute Gasteiger partial charge is 0.545 e. The van der Waals surface area contributed by atoms with Gasteiger partial charge in [-0.25, -0.2) is 10.4 Å². The summed E-state index contributed by atoms with van der Waals surface area (Å²) < 4.78 is 1.30. The molecule has 8 nitrogen and oxygen atoms in total. The third kappa shape index (κ3) is 4.02. The number of aromatic carboxylic acids is 1. The summed E-state index contributed by atoms with van der Waals surface area (Å²) in [4.78, 5) is 42.2. The maximum Gasteiger partial charge on any atom is 0.262 e. The lowest BCUT2D eigenvalue weighted by atomic mass is 9.89. The Balaban J connectivity index is 1.46. The van der Waals surface area contributed by atoms with E-state index in [1.807, 2.05) is 0 Å². The fourth-order valence-corrected chi connectivity index (χ4v) is 4.89. The van der Waals surface area contributed by atoms with Gasteiger partial charge in [0.15, 0.2) is 0 Å². The van der Waals surface area contributed by atoms with E-state index in [0.29, 0.717) is 16.9 Å². The van der Waals surface area contributed by atoms with E-state index >= 15 is 0 Å². The Morgan fingerprint density at radius 2 is 2.13 bits per heavy atom. The number of fused-ring (bicyclic) bond motifs is 3. The second-order valence-corrected chi connectivity index (χ2v) is 8.50. The number of carbonyl (C=O) groups excluding carboxylic acids is 2. The van der Waals surface area contributed by atoms with Crippen molar-refractivity contribution >= 4 is 39.6 Å². The Bertz CT molecular complexity index is 1210. The summed E-state index contributed by atoms with van der Waals surface area (Å²) in [5.74, 6) is -1.11. The quantitative estimate of drug-likeness (QED) is 0.487. The van der Waals surface area contributed by atoms with Crippen LogP contribution in [-0.4, -0.2) is 27.6 Å². The molecule has 0 saturated carbocycles. The molecule has 0 bridgehead atoms. The molecule has 1 aromatic carbocycles. The molecule has 0 radical (unpaired) electrons. The Morgan fingerprint density at radius 1 is 1.37 bits per heavy atom. The van der Waals surface area contributed by atoms with Crippen molar-refractivity contribution in [3.8, 4) is 0 Å². The Morgan fingerprint density at radius 3 is 2.87 bits per heavy atom. The molecule has 1 aliphatic carbocycles. The molecule has 0 spiro atoms. The number of nitrogens with one attached hydrogen (secondary N) is 1. The van der Waals surface area contributed by atoms with Gasteiger partial charge in [-0.2, -0.15) is 5.10 Å². The predicted molar refractivity (Wildman–Crippen MR) is 112 cm³/mol. The summed E-state index contributed by atoms with van der Waals surface area (Å²) in [6.07, 6.45) is 5.67. The lowest BCUT2D eigenvalue weighted by molar-refractivity contribution is -0.255. The molecular formula is C21H19N4O4S-. The summed E-state index contributed by atoms with van der Waals surface area (Å²) in [5, 5.41) is 15.2. The zero-order valence-electron chi connectivity index (χ0n) is 16.3. The maximum absolute atomic E-state index is 12.9. The van der Waals surface area contributed by atoms with E-state index in [-0.39, 0.29) is 17.7 Å². The number of nitrogens with zero attached hydrogens (tertiary/aromatic N) is 3. The third-order valence-electron chi connectivity index (χ3n) is 5.15. The van der Waals surface area contributed by atoms with Gasteiger partial charge >= 0.3 is 0 Å². The van der Waals surface area contributed by atoms with Crippen molar-refractivity contribution in [2.24, 2.45) is 11.0 Å². The van der Waals surface area contributed by atoms with Crippen LogP contribution in [0, 0.1) is 5.92 Å². The van der Waals surface area contributed by atoms with Gasteiger partial charge in [0.1, 0.15) is 11.4 Å². The van der Waals surface area contributed by atoms with E-state index in [2.05, 4.69) is 22.4 Å². The summed E-state index contributed by atoms with van der Waals surface area (Å²) >= 11 is 1.57. The smallest absolute Gasteiger partial charge is 0.262 e. The average molecular weight is 423 g/mol. The second-order valence-electron chi connectivity index (χ2n) is 7.41. The Kier molecular flexibility index (Phi) is 5.45. The molecule has 9 heteroatoms. The van der Waals surface area contributed by atoms with Crippen molar-refractivity contribution in [3.05, 3.63) is 62.5 Å². The summed E-state index contributed by atoms with van der Waals surface area (Å²) in [7, 11) is 0. The topological polar surface area (TPSA) is 116 Å². The monoisotopic (exact) mass is 423 g/mol. The zero-order chi connectivity index (χ0) is 21.3. The number of hydrogen-bond acceptors (Lipinski definition) is 7. The number of thiophene rings is 1. The molecule has 0 fully saturated rings. The lowest BCUT2D eigenvalue weighted by Crippen LogP contribution is -2.30. The molecule has 1 atom stereocenters. The number of benzene rings is 1. The third-order valence-corrected chi connectivity index (χ3v) is 6.31. The molecule has 1 amide bonds. The highest BCUT2D eigenvalue weighted by molar-refractivity contribution is 7.18. The van der Waals surface area contributed by atoms with Crippen molar-refractivity contribution in [1.82, 2.24) is 15.0 Å². The van der Waals surface area contributed by atoms with E-state index in [4.69, 9.17) is 0 Å². The van der Waals surface area contributed by atoms with E-state index in [1.54, 1.807) is 23.5 Å². The second kappa shape index (κ2) is 8.19. The molecule has 30 heavy (non-hydrogen) atoms. The van der Waals surface area contributed by atoms with E-state index in [0.717, 1.165) is 29.7 Å². The predicted octanol–water partition coefficient (Wildman–Crippen LogP) is 1.10. The number of aromatic nitrogens is 2. The molecule has 154 valence electrons. The number of aryl methyl sites for hydroxylation is 1. The van der Waals surface area contributed by atoms with Crippen LogP contribution < -0.4 is 16.1 Å². The number of hydrazone groups is 1. The molecule has 0 saturated heterocycles. The highest BCUT2D eigenvalue weighted by Gasteiger charge is 2.23. The fraction of sp³-hybridized carbons (Fsp3) is 0.286. The fourth-order valence-electron chi connectivity index (χ4n) is 3.55. The highest BCUT2D eigenvalue weighted by Crippen LogP contribution is 2.35. The molecule has 4 rings (SSSR count). The van der Waals surface area contributed by atoms with Crippen molar-refractivity contribution < 1.29 is 14.7 Å². The normalized spacial score (nSPS) is 16.0. The van der Waals surface area contributed by atoms with Crippen LogP contribution in [-0.2, 0) is 24.2 Å². The molecule has 0 aliphatic heterocycles. The van der Waals surface area contributed by atoms with Crippen LogP contribution in [0.1, 0.15) is 39.7 Å². The van der Waals surface area contributed by atoms with Crippen LogP contribution in [0.25, 0.3) is 10.2 Å². The molecule has 2 aromatic heterocycles. The van der Waals surface area contributed by atoms with Crippen LogP contribution in [0.15, 0.2) is 40.5 Å².